The molecule has 0 spiro atoms. The molecule has 0 aliphatic rings. The molecule has 6 nitrogen and oxygen atoms in total. The van der Waals surface area contributed by atoms with Crippen LogP contribution in [0.2, 0.25) is 0 Å². The van der Waals surface area contributed by atoms with E-state index in [9.17, 15) is 14.4 Å². The average Bonchev–Trinajstić information content (AvgIpc) is 3.15. The fourth-order valence-corrected chi connectivity index (χ4v) is 2.42. The van der Waals surface area contributed by atoms with Crippen LogP contribution in [0.4, 0.5) is 0 Å². The lowest BCUT2D eigenvalue weighted by molar-refractivity contribution is -0.129. The van der Waals surface area contributed by atoms with Gasteiger partial charge in [0.25, 0.3) is 5.91 Å². The van der Waals surface area contributed by atoms with Gasteiger partial charge < -0.3 is 14.5 Å². The molecule has 116 valence electrons. The second kappa shape index (κ2) is 7.04. The lowest BCUT2D eigenvalue weighted by atomic mass is 10.3. The van der Waals surface area contributed by atoms with Crippen LogP contribution in [-0.2, 0) is 16.1 Å². The third kappa shape index (κ3) is 4.05. The van der Waals surface area contributed by atoms with Crippen molar-refractivity contribution in [3.8, 4) is 0 Å². The number of hydrogen-bond donors (Lipinski definition) is 1. The maximum Gasteiger partial charge on any atom is 0.349 e. The highest BCUT2D eigenvalue weighted by Crippen LogP contribution is 2.18. The summed E-state index contributed by atoms with van der Waals surface area (Å²) in [5.41, 5.74) is 0. The minimum Gasteiger partial charge on any atom is -0.467 e. The molecule has 2 aromatic heterocycles. The van der Waals surface area contributed by atoms with Crippen LogP contribution in [0.5, 0.6) is 0 Å². The topological polar surface area (TPSA) is 85.6 Å². The predicted molar refractivity (Wildman–Crippen MR) is 79.8 cm³/mol. The van der Waals surface area contributed by atoms with Gasteiger partial charge in [-0.2, -0.15) is 0 Å². The number of esters is 1. The molecule has 7 heteroatoms. The van der Waals surface area contributed by atoms with E-state index in [0.29, 0.717) is 10.6 Å². The largest absolute Gasteiger partial charge is 0.467 e. The lowest BCUT2D eigenvalue weighted by Gasteiger charge is -2.12. The molecule has 0 saturated carbocycles. The SMILES string of the molecule is CC(=O)c1ccc(C(=O)O[C@@H](C)C(=O)NCc2ccco2)s1. The summed E-state index contributed by atoms with van der Waals surface area (Å²) in [4.78, 5) is 35.7. The van der Waals surface area contributed by atoms with Crippen LogP contribution < -0.4 is 5.32 Å². The van der Waals surface area contributed by atoms with Gasteiger partial charge in [-0.15, -0.1) is 11.3 Å². The molecule has 0 fully saturated rings. The summed E-state index contributed by atoms with van der Waals surface area (Å²) in [5, 5.41) is 2.60. The molecule has 0 unspecified atom stereocenters. The Bertz CT molecular complexity index is 674. The molecular formula is C15H15NO5S. The standard InChI is InChI=1S/C15H15NO5S/c1-9(17)12-5-6-13(22-12)15(19)21-10(2)14(18)16-8-11-4-3-7-20-11/h3-7,10H,8H2,1-2H3,(H,16,18)/t10-/m0/s1. The van der Waals surface area contributed by atoms with Crippen molar-refractivity contribution in [1.82, 2.24) is 5.32 Å². The average molecular weight is 321 g/mol. The number of furan rings is 1. The number of ketones is 1. The predicted octanol–water partition coefficient (Wildman–Crippen LogP) is 2.41. The third-order valence-corrected chi connectivity index (χ3v) is 3.99. The Morgan fingerprint density at radius 3 is 2.59 bits per heavy atom. The number of thiophene rings is 1. The highest BCUT2D eigenvalue weighted by atomic mass is 32.1. The normalized spacial score (nSPS) is 11.7. The third-order valence-electron chi connectivity index (χ3n) is 2.82. The zero-order valence-electron chi connectivity index (χ0n) is 12.1. The second-order valence-electron chi connectivity index (χ2n) is 4.56. The second-order valence-corrected chi connectivity index (χ2v) is 5.65. The van der Waals surface area contributed by atoms with E-state index < -0.39 is 18.0 Å². The molecule has 0 aliphatic heterocycles. The first kappa shape index (κ1) is 16.0. The van der Waals surface area contributed by atoms with Gasteiger partial charge in [-0.1, -0.05) is 0 Å². The van der Waals surface area contributed by atoms with Gasteiger partial charge in [0.1, 0.15) is 10.6 Å². The molecule has 0 aliphatic carbocycles. The molecule has 0 aromatic carbocycles. The summed E-state index contributed by atoms with van der Waals surface area (Å²) >= 11 is 1.04. The van der Waals surface area contributed by atoms with Crippen LogP contribution in [0.1, 0.15) is 39.0 Å². The highest BCUT2D eigenvalue weighted by molar-refractivity contribution is 7.15. The van der Waals surface area contributed by atoms with E-state index in [1.54, 1.807) is 18.2 Å². The smallest absolute Gasteiger partial charge is 0.349 e. The van der Waals surface area contributed by atoms with Crippen molar-refractivity contribution in [2.45, 2.75) is 26.5 Å². The minimum absolute atomic E-state index is 0.117. The van der Waals surface area contributed by atoms with Gasteiger partial charge in [0.2, 0.25) is 0 Å². The van der Waals surface area contributed by atoms with Crippen molar-refractivity contribution in [3.05, 3.63) is 46.0 Å². The molecule has 0 radical (unpaired) electrons. The lowest BCUT2D eigenvalue weighted by Crippen LogP contribution is -2.35. The molecule has 0 saturated heterocycles. The summed E-state index contributed by atoms with van der Waals surface area (Å²) in [6.07, 6.45) is 0.569. The Kier molecular flexibility index (Phi) is 5.11. The number of carbonyl (C=O) groups is 3. The summed E-state index contributed by atoms with van der Waals surface area (Å²) in [6, 6.07) is 6.52. The van der Waals surface area contributed by atoms with Crippen molar-refractivity contribution in [3.63, 3.8) is 0 Å². The Balaban J connectivity index is 1.86. The van der Waals surface area contributed by atoms with Crippen molar-refractivity contribution in [2.75, 3.05) is 0 Å². The Morgan fingerprint density at radius 2 is 2.00 bits per heavy atom. The van der Waals surface area contributed by atoms with Crippen molar-refractivity contribution in [1.29, 1.82) is 0 Å². The van der Waals surface area contributed by atoms with E-state index in [4.69, 9.17) is 9.15 Å². The van der Waals surface area contributed by atoms with Crippen LogP contribution >= 0.6 is 11.3 Å². The van der Waals surface area contributed by atoms with Crippen LogP contribution in [0.3, 0.4) is 0 Å². The quantitative estimate of drug-likeness (QED) is 0.652. The summed E-state index contributed by atoms with van der Waals surface area (Å²) in [5.74, 6) is -0.559. The molecule has 2 aromatic rings. The first-order valence-electron chi connectivity index (χ1n) is 6.59. The summed E-state index contributed by atoms with van der Waals surface area (Å²) in [7, 11) is 0. The fraction of sp³-hybridized carbons (Fsp3) is 0.267. The number of ether oxygens (including phenoxy) is 1. The van der Waals surface area contributed by atoms with Gasteiger partial charge in [-0.3, -0.25) is 9.59 Å². The van der Waals surface area contributed by atoms with Crippen LogP contribution in [-0.4, -0.2) is 23.8 Å². The van der Waals surface area contributed by atoms with Gasteiger partial charge in [0, 0.05) is 0 Å². The maximum atomic E-state index is 11.9. The number of amides is 1. The first-order chi connectivity index (χ1) is 10.5. The maximum absolute atomic E-state index is 11.9. The summed E-state index contributed by atoms with van der Waals surface area (Å²) in [6.45, 7) is 3.13. The molecule has 22 heavy (non-hydrogen) atoms. The van der Waals surface area contributed by atoms with E-state index in [-0.39, 0.29) is 17.2 Å². The van der Waals surface area contributed by atoms with Crippen molar-refractivity contribution < 1.29 is 23.5 Å². The van der Waals surface area contributed by atoms with Crippen LogP contribution in [0.15, 0.2) is 34.9 Å². The Morgan fingerprint density at radius 1 is 1.27 bits per heavy atom. The highest BCUT2D eigenvalue weighted by Gasteiger charge is 2.20. The zero-order chi connectivity index (χ0) is 16.1. The number of carbonyl (C=O) groups excluding carboxylic acids is 3. The van der Waals surface area contributed by atoms with Crippen LogP contribution in [0.25, 0.3) is 0 Å². The zero-order valence-corrected chi connectivity index (χ0v) is 12.9. The molecule has 1 amide bonds. The van der Waals surface area contributed by atoms with Gasteiger partial charge in [-0.05, 0) is 38.1 Å². The Hall–Kier alpha value is -2.41. The fourth-order valence-electron chi connectivity index (χ4n) is 1.64. The molecule has 1 atom stereocenters. The molecule has 1 N–H and O–H groups in total. The van der Waals surface area contributed by atoms with E-state index in [1.807, 2.05) is 0 Å². The Labute approximate surface area is 131 Å². The minimum atomic E-state index is -0.939. The monoisotopic (exact) mass is 321 g/mol. The molecule has 2 heterocycles. The molecule has 0 bridgehead atoms. The number of Topliss-reactive ketones (excluding diaryl/α,β-unsaturated/α-hetero) is 1. The van der Waals surface area contributed by atoms with Gasteiger partial charge in [-0.25, -0.2) is 4.79 Å². The van der Waals surface area contributed by atoms with E-state index >= 15 is 0 Å². The first-order valence-corrected chi connectivity index (χ1v) is 7.41. The van der Waals surface area contributed by atoms with Gasteiger partial charge in [0.15, 0.2) is 11.9 Å². The van der Waals surface area contributed by atoms with Gasteiger partial charge in [0.05, 0.1) is 17.7 Å². The van der Waals surface area contributed by atoms with Gasteiger partial charge >= 0.3 is 5.97 Å². The van der Waals surface area contributed by atoms with E-state index in [2.05, 4.69) is 5.32 Å². The van der Waals surface area contributed by atoms with Crippen molar-refractivity contribution >= 4 is 29.0 Å². The van der Waals surface area contributed by atoms with E-state index in [1.165, 1.54) is 26.2 Å². The molecule has 2 rings (SSSR count). The van der Waals surface area contributed by atoms with Crippen molar-refractivity contribution in [2.24, 2.45) is 0 Å². The number of nitrogens with one attached hydrogen (secondary N) is 1. The summed E-state index contributed by atoms with van der Waals surface area (Å²) < 4.78 is 10.2. The van der Waals surface area contributed by atoms with E-state index in [0.717, 1.165) is 11.3 Å². The number of rotatable bonds is 6. The van der Waals surface area contributed by atoms with Crippen LogP contribution in [0, 0.1) is 0 Å². The number of hydrogen-bond acceptors (Lipinski definition) is 6. The molecular weight excluding hydrogens is 306 g/mol.